The fraction of sp³-hybridized carbons (Fsp3) is 0.143. The van der Waals surface area contributed by atoms with Gasteiger partial charge in [0, 0.05) is 30.6 Å². The molecule has 0 aliphatic carbocycles. The molecule has 0 radical (unpaired) electrons. The number of halogens is 1. The molecule has 0 bridgehead atoms. The SMILES string of the molecule is COc1cccc(N(C)c2nccc(C(=N)N)c2Cl)c1. The van der Waals surface area contributed by atoms with Crippen LogP contribution in [-0.2, 0) is 0 Å². The number of benzene rings is 1. The topological polar surface area (TPSA) is 75.2 Å². The number of anilines is 2. The number of methoxy groups -OCH3 is 1. The van der Waals surface area contributed by atoms with Crippen LogP contribution in [-0.4, -0.2) is 25.0 Å². The van der Waals surface area contributed by atoms with E-state index in [0.717, 1.165) is 11.4 Å². The Hall–Kier alpha value is -2.27. The fourth-order valence-electron chi connectivity index (χ4n) is 1.82. The van der Waals surface area contributed by atoms with Crippen LogP contribution in [0, 0.1) is 5.41 Å². The fourth-order valence-corrected chi connectivity index (χ4v) is 2.16. The van der Waals surface area contributed by atoms with E-state index in [-0.39, 0.29) is 5.84 Å². The number of hydrogen-bond donors (Lipinski definition) is 2. The molecule has 104 valence electrons. The van der Waals surface area contributed by atoms with Crippen LogP contribution in [0.25, 0.3) is 0 Å². The minimum atomic E-state index is -0.0855. The molecule has 0 atom stereocenters. The second-order valence-electron chi connectivity index (χ2n) is 4.17. The van der Waals surface area contributed by atoms with Crippen molar-refractivity contribution < 1.29 is 4.74 Å². The first-order valence-electron chi connectivity index (χ1n) is 5.91. The molecular weight excluding hydrogens is 276 g/mol. The lowest BCUT2D eigenvalue weighted by Gasteiger charge is -2.21. The van der Waals surface area contributed by atoms with Crippen LogP contribution in [0.3, 0.4) is 0 Å². The van der Waals surface area contributed by atoms with E-state index >= 15 is 0 Å². The molecule has 0 amide bonds. The third kappa shape index (κ3) is 2.67. The van der Waals surface area contributed by atoms with E-state index in [2.05, 4.69) is 4.98 Å². The van der Waals surface area contributed by atoms with E-state index in [4.69, 9.17) is 27.5 Å². The van der Waals surface area contributed by atoms with Crippen LogP contribution < -0.4 is 15.4 Å². The number of amidine groups is 1. The Labute approximate surface area is 122 Å². The standard InChI is InChI=1S/C14H15ClN4O/c1-19(9-4-3-5-10(8-9)20-2)14-12(15)11(13(16)17)6-7-18-14/h3-8H,1-2H3,(H3,16,17). The van der Waals surface area contributed by atoms with E-state index in [1.807, 2.05) is 36.2 Å². The van der Waals surface area contributed by atoms with E-state index in [1.54, 1.807) is 19.4 Å². The van der Waals surface area contributed by atoms with Crippen LogP contribution in [0.15, 0.2) is 36.5 Å². The van der Waals surface area contributed by atoms with Crippen molar-refractivity contribution in [2.75, 3.05) is 19.1 Å². The number of pyridine rings is 1. The molecular formula is C14H15ClN4O. The number of nitrogen functional groups attached to an aromatic ring is 1. The molecule has 2 rings (SSSR count). The third-order valence-electron chi connectivity index (χ3n) is 2.92. The molecule has 6 heteroatoms. The molecule has 5 nitrogen and oxygen atoms in total. The maximum atomic E-state index is 7.51. The zero-order valence-electron chi connectivity index (χ0n) is 11.2. The van der Waals surface area contributed by atoms with Crippen LogP contribution in [0.5, 0.6) is 5.75 Å². The summed E-state index contributed by atoms with van der Waals surface area (Å²) < 4.78 is 5.20. The van der Waals surface area contributed by atoms with Crippen molar-refractivity contribution in [3.63, 3.8) is 0 Å². The highest BCUT2D eigenvalue weighted by atomic mass is 35.5. The second kappa shape index (κ2) is 5.79. The molecule has 0 unspecified atom stereocenters. The Bertz CT molecular complexity index is 645. The zero-order valence-corrected chi connectivity index (χ0v) is 12.0. The Morgan fingerprint density at radius 2 is 2.15 bits per heavy atom. The molecule has 0 aliphatic heterocycles. The lowest BCUT2D eigenvalue weighted by molar-refractivity contribution is 0.415. The van der Waals surface area contributed by atoms with Gasteiger partial charge in [-0.05, 0) is 18.2 Å². The molecule has 20 heavy (non-hydrogen) atoms. The highest BCUT2D eigenvalue weighted by molar-refractivity contribution is 6.36. The second-order valence-corrected chi connectivity index (χ2v) is 4.55. The Morgan fingerprint density at radius 1 is 1.40 bits per heavy atom. The first-order valence-corrected chi connectivity index (χ1v) is 6.29. The van der Waals surface area contributed by atoms with Crippen molar-refractivity contribution in [3.05, 3.63) is 47.1 Å². The monoisotopic (exact) mass is 290 g/mol. The molecule has 0 aliphatic rings. The van der Waals surface area contributed by atoms with Gasteiger partial charge in [-0.15, -0.1) is 0 Å². The van der Waals surface area contributed by atoms with Gasteiger partial charge in [-0.3, -0.25) is 5.41 Å². The lowest BCUT2D eigenvalue weighted by atomic mass is 10.2. The first-order chi connectivity index (χ1) is 9.54. The number of hydrogen-bond acceptors (Lipinski definition) is 4. The van der Waals surface area contributed by atoms with E-state index in [1.165, 1.54) is 0 Å². The van der Waals surface area contributed by atoms with Gasteiger partial charge in [0.1, 0.15) is 11.6 Å². The molecule has 2 aromatic rings. The van der Waals surface area contributed by atoms with E-state index in [9.17, 15) is 0 Å². The summed E-state index contributed by atoms with van der Waals surface area (Å²) in [4.78, 5) is 6.07. The van der Waals surface area contributed by atoms with Crippen molar-refractivity contribution in [1.82, 2.24) is 4.98 Å². The molecule has 1 aromatic carbocycles. The van der Waals surface area contributed by atoms with Gasteiger partial charge in [0.2, 0.25) is 0 Å². The minimum Gasteiger partial charge on any atom is -0.497 e. The Kier molecular flexibility index (Phi) is 4.10. The molecule has 0 fully saturated rings. The van der Waals surface area contributed by atoms with Gasteiger partial charge in [-0.25, -0.2) is 4.98 Å². The van der Waals surface area contributed by atoms with E-state index in [0.29, 0.717) is 16.4 Å². The van der Waals surface area contributed by atoms with Gasteiger partial charge in [0.05, 0.1) is 12.1 Å². The molecule has 0 saturated carbocycles. The molecule has 0 spiro atoms. The lowest BCUT2D eigenvalue weighted by Crippen LogP contribution is -2.16. The number of aromatic nitrogens is 1. The molecule has 3 N–H and O–H groups in total. The zero-order chi connectivity index (χ0) is 14.7. The van der Waals surface area contributed by atoms with E-state index < -0.39 is 0 Å². The Morgan fingerprint density at radius 3 is 2.80 bits per heavy atom. The molecule has 0 saturated heterocycles. The van der Waals surface area contributed by atoms with Crippen LogP contribution in [0.1, 0.15) is 5.56 Å². The number of nitrogens with two attached hydrogens (primary N) is 1. The molecule has 1 heterocycles. The highest BCUT2D eigenvalue weighted by Crippen LogP contribution is 2.32. The van der Waals surface area contributed by atoms with Gasteiger partial charge >= 0.3 is 0 Å². The average molecular weight is 291 g/mol. The third-order valence-corrected chi connectivity index (χ3v) is 3.29. The summed E-state index contributed by atoms with van der Waals surface area (Å²) in [5.41, 5.74) is 6.84. The summed E-state index contributed by atoms with van der Waals surface area (Å²) in [7, 11) is 3.45. The van der Waals surface area contributed by atoms with Gasteiger partial charge < -0.3 is 15.4 Å². The largest absolute Gasteiger partial charge is 0.497 e. The maximum Gasteiger partial charge on any atom is 0.152 e. The van der Waals surface area contributed by atoms with Crippen molar-refractivity contribution in [2.45, 2.75) is 0 Å². The summed E-state index contributed by atoms with van der Waals surface area (Å²) in [6.45, 7) is 0. The Balaban J connectivity index is 2.45. The first kappa shape index (κ1) is 14.1. The van der Waals surface area contributed by atoms with Crippen molar-refractivity contribution >= 4 is 28.9 Å². The normalized spacial score (nSPS) is 10.2. The van der Waals surface area contributed by atoms with Gasteiger partial charge in [0.25, 0.3) is 0 Å². The predicted molar refractivity (Wildman–Crippen MR) is 81.3 cm³/mol. The smallest absolute Gasteiger partial charge is 0.152 e. The summed E-state index contributed by atoms with van der Waals surface area (Å²) in [5, 5.41) is 7.86. The van der Waals surface area contributed by atoms with Crippen LogP contribution >= 0.6 is 11.6 Å². The van der Waals surface area contributed by atoms with Crippen LogP contribution in [0.4, 0.5) is 11.5 Å². The minimum absolute atomic E-state index is 0.0855. The van der Waals surface area contributed by atoms with Crippen molar-refractivity contribution in [1.29, 1.82) is 5.41 Å². The van der Waals surface area contributed by atoms with Crippen molar-refractivity contribution in [3.8, 4) is 5.75 Å². The predicted octanol–water partition coefficient (Wildman–Crippen LogP) is 2.80. The number of nitrogens with zero attached hydrogens (tertiary/aromatic N) is 2. The maximum absolute atomic E-state index is 7.51. The van der Waals surface area contributed by atoms with Gasteiger partial charge in [-0.1, -0.05) is 17.7 Å². The molecule has 1 aromatic heterocycles. The number of ether oxygens (including phenoxy) is 1. The summed E-state index contributed by atoms with van der Waals surface area (Å²) in [6, 6.07) is 9.15. The van der Waals surface area contributed by atoms with Crippen molar-refractivity contribution in [2.24, 2.45) is 5.73 Å². The highest BCUT2D eigenvalue weighted by Gasteiger charge is 2.14. The summed E-state index contributed by atoms with van der Waals surface area (Å²) >= 11 is 6.27. The summed E-state index contributed by atoms with van der Waals surface area (Å²) in [5.74, 6) is 1.19. The number of rotatable bonds is 4. The summed E-state index contributed by atoms with van der Waals surface area (Å²) in [6.07, 6.45) is 1.58. The van der Waals surface area contributed by atoms with Gasteiger partial charge in [0.15, 0.2) is 5.82 Å². The average Bonchev–Trinajstić information content (AvgIpc) is 2.46. The quantitative estimate of drug-likeness (QED) is 0.671. The van der Waals surface area contributed by atoms with Gasteiger partial charge in [-0.2, -0.15) is 0 Å². The van der Waals surface area contributed by atoms with Crippen LogP contribution in [0.2, 0.25) is 5.02 Å². The number of nitrogens with one attached hydrogen (secondary N) is 1.